The van der Waals surface area contributed by atoms with Gasteiger partial charge in [0.2, 0.25) is 5.76 Å². The lowest BCUT2D eigenvalue weighted by Gasteiger charge is -2.02. The van der Waals surface area contributed by atoms with Crippen molar-refractivity contribution in [1.29, 1.82) is 0 Å². The number of carbonyl (C=O) groups is 1. The maximum Gasteiger partial charge on any atom is 0.293 e. The van der Waals surface area contributed by atoms with E-state index >= 15 is 0 Å². The van der Waals surface area contributed by atoms with Crippen LogP contribution in [0.15, 0.2) is 29.1 Å². The van der Waals surface area contributed by atoms with Gasteiger partial charge in [-0.05, 0) is 19.1 Å². The Hall–Kier alpha value is -1.88. The van der Waals surface area contributed by atoms with E-state index in [1.165, 1.54) is 12.6 Å². The van der Waals surface area contributed by atoms with Gasteiger partial charge in [0.15, 0.2) is 6.39 Å². The molecule has 0 saturated heterocycles. The van der Waals surface area contributed by atoms with Crippen molar-refractivity contribution in [3.05, 3.63) is 41.3 Å². The number of carbonyl (C=O) groups excluding carboxylic acids is 1. The van der Waals surface area contributed by atoms with Crippen molar-refractivity contribution in [2.75, 3.05) is 5.32 Å². The van der Waals surface area contributed by atoms with Crippen molar-refractivity contribution in [2.24, 2.45) is 0 Å². The number of anilines is 1. The Labute approximate surface area is 96.5 Å². The Morgan fingerprint density at radius 2 is 2.31 bits per heavy atom. The van der Waals surface area contributed by atoms with Crippen LogP contribution in [0.1, 0.15) is 16.2 Å². The number of amides is 1. The van der Waals surface area contributed by atoms with E-state index in [9.17, 15) is 4.79 Å². The number of nitrogens with one attached hydrogen (secondary N) is 1. The molecule has 2 heterocycles. The van der Waals surface area contributed by atoms with Gasteiger partial charge in [0.1, 0.15) is 5.15 Å². The average Bonchev–Trinajstić information content (AvgIpc) is 2.64. The van der Waals surface area contributed by atoms with E-state index in [-0.39, 0.29) is 11.7 Å². The standard InChI is InChI=1S/C10H8ClN3O2/c1-6-9(16-5-13-6)10(15)14-7-2-3-12-8(11)4-7/h2-5H,1H3,(H,12,14,15). The van der Waals surface area contributed by atoms with Crippen molar-refractivity contribution in [3.8, 4) is 0 Å². The summed E-state index contributed by atoms with van der Waals surface area (Å²) in [7, 11) is 0. The molecular formula is C10H8ClN3O2. The molecule has 0 bridgehead atoms. The third-order valence-electron chi connectivity index (χ3n) is 1.94. The fourth-order valence-electron chi connectivity index (χ4n) is 1.19. The first-order valence-corrected chi connectivity index (χ1v) is 4.87. The topological polar surface area (TPSA) is 68.0 Å². The number of pyridine rings is 1. The molecule has 0 saturated carbocycles. The molecule has 0 aromatic carbocycles. The van der Waals surface area contributed by atoms with Crippen LogP contribution in [0.25, 0.3) is 0 Å². The zero-order valence-electron chi connectivity index (χ0n) is 8.40. The summed E-state index contributed by atoms with van der Waals surface area (Å²) in [6.45, 7) is 1.69. The van der Waals surface area contributed by atoms with Crippen LogP contribution in [0.4, 0.5) is 5.69 Å². The van der Waals surface area contributed by atoms with Gasteiger partial charge in [0.05, 0.1) is 5.69 Å². The molecule has 1 N–H and O–H groups in total. The molecule has 0 aliphatic carbocycles. The molecule has 1 amide bonds. The van der Waals surface area contributed by atoms with Crippen molar-refractivity contribution in [2.45, 2.75) is 6.92 Å². The van der Waals surface area contributed by atoms with Gasteiger partial charge in [0, 0.05) is 11.9 Å². The summed E-state index contributed by atoms with van der Waals surface area (Å²) in [5.74, 6) is -0.176. The summed E-state index contributed by atoms with van der Waals surface area (Å²) in [6, 6.07) is 3.18. The predicted octanol–water partition coefficient (Wildman–Crippen LogP) is 2.28. The average molecular weight is 238 g/mol. The van der Waals surface area contributed by atoms with E-state index < -0.39 is 0 Å². The smallest absolute Gasteiger partial charge is 0.293 e. The SMILES string of the molecule is Cc1ncoc1C(=O)Nc1ccnc(Cl)c1. The van der Waals surface area contributed by atoms with Crippen molar-refractivity contribution in [3.63, 3.8) is 0 Å². The second-order valence-corrected chi connectivity index (χ2v) is 3.48. The van der Waals surface area contributed by atoms with Crippen molar-refractivity contribution >= 4 is 23.2 Å². The Bertz CT molecular complexity index is 524. The number of oxazole rings is 1. The Morgan fingerprint density at radius 3 is 2.94 bits per heavy atom. The Morgan fingerprint density at radius 1 is 1.50 bits per heavy atom. The highest BCUT2D eigenvalue weighted by molar-refractivity contribution is 6.29. The van der Waals surface area contributed by atoms with Crippen molar-refractivity contribution in [1.82, 2.24) is 9.97 Å². The molecule has 0 unspecified atom stereocenters. The van der Waals surface area contributed by atoms with Crippen LogP contribution in [-0.2, 0) is 0 Å². The van der Waals surface area contributed by atoms with Gasteiger partial charge < -0.3 is 9.73 Å². The molecule has 2 rings (SSSR count). The molecule has 6 heteroatoms. The van der Waals surface area contributed by atoms with Gasteiger partial charge in [-0.2, -0.15) is 0 Å². The number of aromatic nitrogens is 2. The number of hydrogen-bond donors (Lipinski definition) is 1. The minimum absolute atomic E-state index is 0.188. The molecule has 0 aliphatic rings. The number of aryl methyl sites for hydroxylation is 1. The third kappa shape index (κ3) is 2.20. The largest absolute Gasteiger partial charge is 0.438 e. The minimum Gasteiger partial charge on any atom is -0.438 e. The lowest BCUT2D eigenvalue weighted by Crippen LogP contribution is -2.12. The minimum atomic E-state index is -0.364. The fraction of sp³-hybridized carbons (Fsp3) is 0.100. The normalized spacial score (nSPS) is 10.1. The van der Waals surface area contributed by atoms with Gasteiger partial charge >= 0.3 is 0 Å². The first kappa shape index (κ1) is 10.6. The Balaban J connectivity index is 2.17. The van der Waals surface area contributed by atoms with Gasteiger partial charge in [-0.15, -0.1) is 0 Å². The van der Waals surface area contributed by atoms with Crippen LogP contribution in [0.5, 0.6) is 0 Å². The lowest BCUT2D eigenvalue weighted by molar-refractivity contribution is 0.0996. The molecule has 16 heavy (non-hydrogen) atoms. The van der Waals surface area contributed by atoms with E-state index in [0.717, 1.165) is 0 Å². The van der Waals surface area contributed by atoms with Gasteiger partial charge in [-0.3, -0.25) is 4.79 Å². The second kappa shape index (κ2) is 4.32. The summed E-state index contributed by atoms with van der Waals surface area (Å²) in [6.07, 6.45) is 2.73. The molecule has 0 fully saturated rings. The van der Waals surface area contributed by atoms with Crippen LogP contribution in [0.2, 0.25) is 5.15 Å². The molecule has 0 radical (unpaired) electrons. The predicted molar refractivity (Wildman–Crippen MR) is 58.4 cm³/mol. The zero-order valence-corrected chi connectivity index (χ0v) is 9.15. The molecule has 0 aliphatic heterocycles. The van der Waals surface area contributed by atoms with E-state index in [1.807, 2.05) is 0 Å². The van der Waals surface area contributed by atoms with Gasteiger partial charge in [-0.1, -0.05) is 11.6 Å². The second-order valence-electron chi connectivity index (χ2n) is 3.09. The summed E-state index contributed by atoms with van der Waals surface area (Å²) in [4.78, 5) is 19.3. The van der Waals surface area contributed by atoms with Crippen LogP contribution in [0, 0.1) is 6.92 Å². The van der Waals surface area contributed by atoms with Gasteiger partial charge in [0.25, 0.3) is 5.91 Å². The molecule has 82 valence electrons. The number of hydrogen-bond acceptors (Lipinski definition) is 4. The van der Waals surface area contributed by atoms with Crippen LogP contribution >= 0.6 is 11.6 Å². The third-order valence-corrected chi connectivity index (χ3v) is 2.14. The maximum atomic E-state index is 11.7. The number of nitrogens with zero attached hydrogens (tertiary/aromatic N) is 2. The van der Waals surface area contributed by atoms with Crippen LogP contribution in [-0.4, -0.2) is 15.9 Å². The van der Waals surface area contributed by atoms with Crippen LogP contribution < -0.4 is 5.32 Å². The molecule has 0 atom stereocenters. The van der Waals surface area contributed by atoms with E-state index in [0.29, 0.717) is 16.5 Å². The summed E-state index contributed by atoms with van der Waals surface area (Å²) in [5.41, 5.74) is 1.10. The molecule has 2 aromatic heterocycles. The molecule has 5 nitrogen and oxygen atoms in total. The first-order valence-electron chi connectivity index (χ1n) is 4.50. The first-order chi connectivity index (χ1) is 7.66. The molecule has 0 spiro atoms. The lowest BCUT2D eigenvalue weighted by atomic mass is 10.3. The zero-order chi connectivity index (χ0) is 11.5. The summed E-state index contributed by atoms with van der Waals surface area (Å²) < 4.78 is 4.96. The van der Waals surface area contributed by atoms with Crippen LogP contribution in [0.3, 0.4) is 0 Å². The highest BCUT2D eigenvalue weighted by atomic mass is 35.5. The quantitative estimate of drug-likeness (QED) is 0.814. The fourth-order valence-corrected chi connectivity index (χ4v) is 1.36. The summed E-state index contributed by atoms with van der Waals surface area (Å²) in [5, 5.41) is 2.94. The summed E-state index contributed by atoms with van der Waals surface area (Å²) >= 11 is 5.69. The van der Waals surface area contributed by atoms with E-state index in [1.54, 1.807) is 19.1 Å². The monoisotopic (exact) mass is 237 g/mol. The molecular weight excluding hydrogens is 230 g/mol. The number of rotatable bonds is 2. The Kier molecular flexibility index (Phi) is 2.87. The van der Waals surface area contributed by atoms with E-state index in [4.69, 9.17) is 16.0 Å². The van der Waals surface area contributed by atoms with E-state index in [2.05, 4.69) is 15.3 Å². The van der Waals surface area contributed by atoms with Crippen molar-refractivity contribution < 1.29 is 9.21 Å². The number of halogens is 1. The van der Waals surface area contributed by atoms with Gasteiger partial charge in [-0.25, -0.2) is 9.97 Å². The molecule has 2 aromatic rings. The highest BCUT2D eigenvalue weighted by Gasteiger charge is 2.13. The maximum absolute atomic E-state index is 11.7. The highest BCUT2D eigenvalue weighted by Crippen LogP contribution is 2.14.